The van der Waals surface area contributed by atoms with Crippen LogP contribution in [0.4, 0.5) is 0 Å². The van der Waals surface area contributed by atoms with Gasteiger partial charge in [-0.3, -0.25) is 0 Å². The Morgan fingerprint density at radius 1 is 1.50 bits per heavy atom. The molecule has 0 bridgehead atoms. The van der Waals surface area contributed by atoms with Crippen LogP contribution in [-0.2, 0) is 6.42 Å². The molecule has 1 aliphatic rings. The van der Waals surface area contributed by atoms with Crippen molar-refractivity contribution in [1.82, 2.24) is 10.3 Å². The second-order valence-electron chi connectivity index (χ2n) is 3.99. The fourth-order valence-electron chi connectivity index (χ4n) is 2.07. The van der Waals surface area contributed by atoms with E-state index < -0.39 is 0 Å². The standard InChI is InChI=1S/C11H18N2S/c1-12-7-6-11-13-8-10(14-11)9-4-2-3-5-9/h8-9,12H,2-7H2,1H3. The lowest BCUT2D eigenvalue weighted by molar-refractivity contribution is 0.736. The van der Waals surface area contributed by atoms with Crippen molar-refractivity contribution in [3.05, 3.63) is 16.1 Å². The summed E-state index contributed by atoms with van der Waals surface area (Å²) in [4.78, 5) is 6.00. The fourth-order valence-corrected chi connectivity index (χ4v) is 3.16. The topological polar surface area (TPSA) is 24.9 Å². The van der Waals surface area contributed by atoms with Gasteiger partial charge in [-0.15, -0.1) is 11.3 Å². The molecule has 1 fully saturated rings. The lowest BCUT2D eigenvalue weighted by Crippen LogP contribution is -2.09. The van der Waals surface area contributed by atoms with Gasteiger partial charge in [0.15, 0.2) is 0 Å². The van der Waals surface area contributed by atoms with Crippen molar-refractivity contribution in [2.45, 2.75) is 38.0 Å². The molecule has 1 aliphatic carbocycles. The molecule has 78 valence electrons. The van der Waals surface area contributed by atoms with Crippen LogP contribution in [0.25, 0.3) is 0 Å². The zero-order valence-corrected chi connectivity index (χ0v) is 9.57. The van der Waals surface area contributed by atoms with E-state index in [9.17, 15) is 0 Å². The minimum atomic E-state index is 0.829. The minimum Gasteiger partial charge on any atom is -0.319 e. The number of thiazole rings is 1. The third kappa shape index (κ3) is 2.34. The van der Waals surface area contributed by atoms with E-state index in [0.717, 1.165) is 18.9 Å². The van der Waals surface area contributed by atoms with Gasteiger partial charge in [-0.1, -0.05) is 12.8 Å². The van der Waals surface area contributed by atoms with E-state index in [1.807, 2.05) is 18.4 Å². The molecule has 0 amide bonds. The number of rotatable bonds is 4. The number of hydrogen-bond acceptors (Lipinski definition) is 3. The lowest BCUT2D eigenvalue weighted by atomic mass is 10.1. The van der Waals surface area contributed by atoms with Crippen molar-refractivity contribution < 1.29 is 0 Å². The molecule has 0 saturated heterocycles. The van der Waals surface area contributed by atoms with Gasteiger partial charge in [-0.2, -0.15) is 0 Å². The van der Waals surface area contributed by atoms with Crippen LogP contribution in [0.5, 0.6) is 0 Å². The van der Waals surface area contributed by atoms with Crippen molar-refractivity contribution in [3.8, 4) is 0 Å². The maximum absolute atomic E-state index is 4.48. The van der Waals surface area contributed by atoms with Gasteiger partial charge in [-0.05, 0) is 25.8 Å². The Morgan fingerprint density at radius 3 is 3.00 bits per heavy atom. The highest BCUT2D eigenvalue weighted by molar-refractivity contribution is 7.11. The molecule has 1 N–H and O–H groups in total. The van der Waals surface area contributed by atoms with E-state index in [4.69, 9.17) is 0 Å². The van der Waals surface area contributed by atoms with Crippen molar-refractivity contribution >= 4 is 11.3 Å². The SMILES string of the molecule is CNCCc1ncc(C2CCCC2)s1. The third-order valence-corrected chi connectivity index (χ3v) is 4.14. The summed E-state index contributed by atoms with van der Waals surface area (Å²) in [7, 11) is 1.99. The molecular weight excluding hydrogens is 192 g/mol. The first-order valence-electron chi connectivity index (χ1n) is 5.49. The summed E-state index contributed by atoms with van der Waals surface area (Å²) in [6.45, 7) is 1.04. The van der Waals surface area contributed by atoms with Gasteiger partial charge in [-0.25, -0.2) is 4.98 Å². The molecule has 0 aliphatic heterocycles. The molecule has 0 radical (unpaired) electrons. The van der Waals surface area contributed by atoms with E-state index in [1.165, 1.54) is 35.6 Å². The normalized spacial score (nSPS) is 17.8. The van der Waals surface area contributed by atoms with Gasteiger partial charge in [0.1, 0.15) is 0 Å². The van der Waals surface area contributed by atoms with Crippen molar-refractivity contribution in [1.29, 1.82) is 0 Å². The van der Waals surface area contributed by atoms with Crippen molar-refractivity contribution in [3.63, 3.8) is 0 Å². The van der Waals surface area contributed by atoms with Crippen LogP contribution in [-0.4, -0.2) is 18.6 Å². The fraction of sp³-hybridized carbons (Fsp3) is 0.727. The van der Waals surface area contributed by atoms with Crippen LogP contribution < -0.4 is 5.32 Å². The van der Waals surface area contributed by atoms with Gasteiger partial charge in [0.2, 0.25) is 0 Å². The van der Waals surface area contributed by atoms with Gasteiger partial charge in [0.05, 0.1) is 5.01 Å². The zero-order chi connectivity index (χ0) is 9.80. The van der Waals surface area contributed by atoms with Crippen molar-refractivity contribution in [2.75, 3.05) is 13.6 Å². The van der Waals surface area contributed by atoms with Crippen LogP contribution in [0.3, 0.4) is 0 Å². The van der Waals surface area contributed by atoms with E-state index in [1.54, 1.807) is 0 Å². The molecule has 0 unspecified atom stereocenters. The van der Waals surface area contributed by atoms with E-state index in [0.29, 0.717) is 0 Å². The Bertz CT molecular complexity index is 277. The highest BCUT2D eigenvalue weighted by Crippen LogP contribution is 2.36. The summed E-state index contributed by atoms with van der Waals surface area (Å²) < 4.78 is 0. The molecule has 3 heteroatoms. The minimum absolute atomic E-state index is 0.829. The molecule has 1 heterocycles. The Kier molecular flexibility index (Phi) is 3.54. The Morgan fingerprint density at radius 2 is 2.29 bits per heavy atom. The van der Waals surface area contributed by atoms with Crippen LogP contribution in [0.15, 0.2) is 6.20 Å². The summed E-state index contributed by atoms with van der Waals surface area (Å²) >= 11 is 1.92. The second-order valence-corrected chi connectivity index (χ2v) is 5.14. The van der Waals surface area contributed by atoms with Crippen LogP contribution >= 0.6 is 11.3 Å². The molecule has 0 atom stereocenters. The quantitative estimate of drug-likeness (QED) is 0.826. The largest absolute Gasteiger partial charge is 0.319 e. The molecule has 14 heavy (non-hydrogen) atoms. The molecule has 1 aromatic rings. The number of hydrogen-bond donors (Lipinski definition) is 1. The summed E-state index contributed by atoms with van der Waals surface area (Å²) in [6.07, 6.45) is 8.77. The van der Waals surface area contributed by atoms with Crippen LogP contribution in [0.1, 0.15) is 41.5 Å². The third-order valence-electron chi connectivity index (χ3n) is 2.92. The van der Waals surface area contributed by atoms with Gasteiger partial charge in [0.25, 0.3) is 0 Å². The second kappa shape index (κ2) is 4.89. The molecule has 0 spiro atoms. The van der Waals surface area contributed by atoms with Gasteiger partial charge < -0.3 is 5.32 Å². The summed E-state index contributed by atoms with van der Waals surface area (Å²) in [5.41, 5.74) is 0. The molecule has 0 aromatic carbocycles. The van der Waals surface area contributed by atoms with Crippen LogP contribution in [0, 0.1) is 0 Å². The molecule has 2 rings (SSSR count). The number of nitrogens with zero attached hydrogens (tertiary/aromatic N) is 1. The molecule has 1 aromatic heterocycles. The number of likely N-dealkylation sites (N-methyl/N-ethyl adjacent to an activating group) is 1. The van der Waals surface area contributed by atoms with E-state index in [2.05, 4.69) is 16.5 Å². The first-order chi connectivity index (χ1) is 6.90. The van der Waals surface area contributed by atoms with E-state index in [-0.39, 0.29) is 0 Å². The van der Waals surface area contributed by atoms with Gasteiger partial charge in [0, 0.05) is 24.0 Å². The Hall–Kier alpha value is -0.410. The average molecular weight is 210 g/mol. The Balaban J connectivity index is 1.94. The lowest BCUT2D eigenvalue weighted by Gasteiger charge is -2.02. The molecule has 2 nitrogen and oxygen atoms in total. The maximum atomic E-state index is 4.48. The van der Waals surface area contributed by atoms with E-state index >= 15 is 0 Å². The highest BCUT2D eigenvalue weighted by atomic mass is 32.1. The smallest absolute Gasteiger partial charge is 0.0940 e. The number of aromatic nitrogens is 1. The zero-order valence-electron chi connectivity index (χ0n) is 8.75. The first kappa shape index (κ1) is 10.1. The maximum Gasteiger partial charge on any atom is 0.0940 e. The summed E-state index contributed by atoms with van der Waals surface area (Å²) in [5, 5.41) is 4.45. The predicted octanol–water partition coefficient (Wildman–Crippen LogP) is 2.56. The van der Waals surface area contributed by atoms with Crippen LogP contribution in [0.2, 0.25) is 0 Å². The monoisotopic (exact) mass is 210 g/mol. The summed E-state index contributed by atoms with van der Waals surface area (Å²) in [5.74, 6) is 0.829. The number of nitrogens with one attached hydrogen (secondary N) is 1. The van der Waals surface area contributed by atoms with Crippen molar-refractivity contribution in [2.24, 2.45) is 0 Å². The Labute approximate surface area is 89.8 Å². The van der Waals surface area contributed by atoms with Gasteiger partial charge >= 0.3 is 0 Å². The predicted molar refractivity (Wildman–Crippen MR) is 61.0 cm³/mol. The first-order valence-corrected chi connectivity index (χ1v) is 6.31. The summed E-state index contributed by atoms with van der Waals surface area (Å²) in [6, 6.07) is 0. The molecule has 1 saturated carbocycles. The highest BCUT2D eigenvalue weighted by Gasteiger charge is 2.19. The average Bonchev–Trinajstić information content (AvgIpc) is 2.85. The molecular formula is C11H18N2S.